The summed E-state index contributed by atoms with van der Waals surface area (Å²) in [5.41, 5.74) is 0.235. The van der Waals surface area contributed by atoms with Crippen LogP contribution in [0.25, 0.3) is 0 Å². The maximum absolute atomic E-state index is 3.61. The molecule has 20 heavy (non-hydrogen) atoms. The molecule has 1 heterocycles. The predicted molar refractivity (Wildman–Crippen MR) is 88.4 cm³/mol. The van der Waals surface area contributed by atoms with Crippen molar-refractivity contribution in [3.05, 3.63) is 0 Å². The van der Waals surface area contributed by atoms with Gasteiger partial charge in [0.05, 0.1) is 0 Å². The normalized spacial score (nSPS) is 20.6. The number of nitrogens with one attached hydrogen (secondary N) is 1. The van der Waals surface area contributed by atoms with Crippen LogP contribution in [-0.4, -0.2) is 86.7 Å². The van der Waals surface area contributed by atoms with E-state index in [1.807, 2.05) is 0 Å². The Morgan fingerprint density at radius 3 is 2.10 bits per heavy atom. The zero-order valence-electron chi connectivity index (χ0n) is 14.6. The van der Waals surface area contributed by atoms with Crippen LogP contribution in [0.3, 0.4) is 0 Å². The summed E-state index contributed by atoms with van der Waals surface area (Å²) < 4.78 is 0. The standard InChI is InChI=1S/C16H36N4/c1-15(13-17-16(2,3)4)14-20-11-9-19(10-12-20)8-7-18(5)6/h15,17H,7-14H2,1-6H3. The van der Waals surface area contributed by atoms with Gasteiger partial charge in [-0.1, -0.05) is 6.92 Å². The Balaban J connectivity index is 2.15. The second kappa shape index (κ2) is 8.32. The molecule has 1 rings (SSSR count). The van der Waals surface area contributed by atoms with E-state index in [9.17, 15) is 0 Å². The van der Waals surface area contributed by atoms with Crippen molar-refractivity contribution in [2.75, 3.05) is 66.5 Å². The lowest BCUT2D eigenvalue weighted by atomic mass is 10.1. The van der Waals surface area contributed by atoms with Crippen LogP contribution >= 0.6 is 0 Å². The average molecular weight is 284 g/mol. The third-order valence-corrected chi connectivity index (χ3v) is 3.88. The fourth-order valence-electron chi connectivity index (χ4n) is 2.52. The van der Waals surface area contributed by atoms with Gasteiger partial charge >= 0.3 is 0 Å². The fourth-order valence-corrected chi connectivity index (χ4v) is 2.52. The molecule has 1 aliphatic heterocycles. The molecule has 1 atom stereocenters. The van der Waals surface area contributed by atoms with Crippen molar-refractivity contribution >= 4 is 0 Å². The van der Waals surface area contributed by atoms with Gasteiger partial charge in [0.15, 0.2) is 0 Å². The summed E-state index contributed by atoms with van der Waals surface area (Å²) in [7, 11) is 4.31. The SMILES string of the molecule is CC(CNC(C)(C)C)CN1CCN(CCN(C)C)CC1. The minimum absolute atomic E-state index is 0.235. The highest BCUT2D eigenvalue weighted by Gasteiger charge is 2.19. The molecule has 0 aromatic carbocycles. The van der Waals surface area contributed by atoms with Crippen LogP contribution in [0.1, 0.15) is 27.7 Å². The molecule has 1 fully saturated rings. The molecule has 0 aliphatic carbocycles. The van der Waals surface area contributed by atoms with Gasteiger partial charge < -0.3 is 15.1 Å². The van der Waals surface area contributed by atoms with E-state index in [4.69, 9.17) is 0 Å². The van der Waals surface area contributed by atoms with Crippen LogP contribution in [0.4, 0.5) is 0 Å². The summed E-state index contributed by atoms with van der Waals surface area (Å²) in [6.45, 7) is 18.7. The van der Waals surface area contributed by atoms with Crippen molar-refractivity contribution < 1.29 is 0 Å². The second-order valence-electron chi connectivity index (χ2n) is 7.68. The first-order chi connectivity index (χ1) is 9.26. The molecular formula is C16H36N4. The Kier molecular flexibility index (Phi) is 7.45. The van der Waals surface area contributed by atoms with E-state index in [0.717, 1.165) is 12.5 Å². The van der Waals surface area contributed by atoms with Crippen molar-refractivity contribution in [1.82, 2.24) is 20.0 Å². The molecule has 1 aliphatic rings. The molecule has 0 saturated carbocycles. The minimum atomic E-state index is 0.235. The van der Waals surface area contributed by atoms with Gasteiger partial charge in [-0.2, -0.15) is 0 Å². The van der Waals surface area contributed by atoms with Gasteiger partial charge in [0.2, 0.25) is 0 Å². The topological polar surface area (TPSA) is 21.8 Å². The molecule has 0 spiro atoms. The highest BCUT2D eigenvalue weighted by atomic mass is 15.3. The summed E-state index contributed by atoms with van der Waals surface area (Å²) >= 11 is 0. The molecule has 0 radical (unpaired) electrons. The summed E-state index contributed by atoms with van der Waals surface area (Å²) in [5, 5.41) is 3.61. The van der Waals surface area contributed by atoms with E-state index in [-0.39, 0.29) is 5.54 Å². The summed E-state index contributed by atoms with van der Waals surface area (Å²) in [5.74, 6) is 0.725. The van der Waals surface area contributed by atoms with Crippen molar-refractivity contribution in [3.8, 4) is 0 Å². The van der Waals surface area contributed by atoms with Gasteiger partial charge in [0, 0.05) is 51.4 Å². The van der Waals surface area contributed by atoms with Gasteiger partial charge in [-0.05, 0) is 47.3 Å². The maximum atomic E-state index is 3.61. The Morgan fingerprint density at radius 2 is 1.60 bits per heavy atom. The van der Waals surface area contributed by atoms with Crippen molar-refractivity contribution in [2.24, 2.45) is 5.92 Å². The molecule has 1 saturated heterocycles. The lowest BCUT2D eigenvalue weighted by Crippen LogP contribution is -2.50. The number of nitrogens with zero attached hydrogens (tertiary/aromatic N) is 3. The van der Waals surface area contributed by atoms with Crippen molar-refractivity contribution in [2.45, 2.75) is 33.2 Å². The summed E-state index contributed by atoms with van der Waals surface area (Å²) in [6, 6.07) is 0. The molecular weight excluding hydrogens is 248 g/mol. The zero-order chi connectivity index (χ0) is 15.2. The Bertz CT molecular complexity index is 252. The average Bonchev–Trinajstić information content (AvgIpc) is 2.35. The van der Waals surface area contributed by atoms with Crippen molar-refractivity contribution in [3.63, 3.8) is 0 Å². The third kappa shape index (κ3) is 8.20. The monoisotopic (exact) mass is 284 g/mol. The lowest BCUT2D eigenvalue weighted by molar-refractivity contribution is 0.113. The quantitative estimate of drug-likeness (QED) is 0.758. The Labute approximate surface area is 126 Å². The van der Waals surface area contributed by atoms with Crippen molar-refractivity contribution in [1.29, 1.82) is 0 Å². The van der Waals surface area contributed by atoms with E-state index in [0.29, 0.717) is 0 Å². The molecule has 0 aromatic heterocycles. The van der Waals surface area contributed by atoms with Crippen LogP contribution < -0.4 is 5.32 Å². The number of hydrogen-bond donors (Lipinski definition) is 1. The number of rotatable bonds is 7. The number of piperazine rings is 1. The lowest BCUT2D eigenvalue weighted by Gasteiger charge is -2.36. The third-order valence-electron chi connectivity index (χ3n) is 3.88. The molecule has 1 N–H and O–H groups in total. The molecule has 4 nitrogen and oxygen atoms in total. The van der Waals surface area contributed by atoms with Gasteiger partial charge in [-0.3, -0.25) is 4.90 Å². The van der Waals surface area contributed by atoms with Crippen LogP contribution in [-0.2, 0) is 0 Å². The van der Waals surface area contributed by atoms with Gasteiger partial charge in [0.1, 0.15) is 0 Å². The molecule has 1 unspecified atom stereocenters. The first-order valence-corrected chi connectivity index (χ1v) is 8.11. The Hall–Kier alpha value is -0.160. The predicted octanol–water partition coefficient (Wildman–Crippen LogP) is 1.19. The van der Waals surface area contributed by atoms with E-state index in [1.165, 1.54) is 45.8 Å². The highest BCUT2D eigenvalue weighted by Crippen LogP contribution is 2.07. The number of likely N-dealkylation sites (N-methyl/N-ethyl adjacent to an activating group) is 1. The first kappa shape index (κ1) is 17.9. The minimum Gasteiger partial charge on any atom is -0.312 e. The van der Waals surface area contributed by atoms with Crippen LogP contribution in [0.2, 0.25) is 0 Å². The van der Waals surface area contributed by atoms with Gasteiger partial charge in [-0.25, -0.2) is 0 Å². The molecule has 4 heteroatoms. The van der Waals surface area contributed by atoms with Gasteiger partial charge in [-0.15, -0.1) is 0 Å². The molecule has 0 aromatic rings. The van der Waals surface area contributed by atoms with Crippen LogP contribution in [0.15, 0.2) is 0 Å². The van der Waals surface area contributed by atoms with E-state index in [2.05, 4.69) is 61.8 Å². The second-order valence-corrected chi connectivity index (χ2v) is 7.68. The highest BCUT2D eigenvalue weighted by molar-refractivity contribution is 4.76. The maximum Gasteiger partial charge on any atom is 0.0110 e. The van der Waals surface area contributed by atoms with Crippen LogP contribution in [0.5, 0.6) is 0 Å². The van der Waals surface area contributed by atoms with E-state index < -0.39 is 0 Å². The fraction of sp³-hybridized carbons (Fsp3) is 1.00. The first-order valence-electron chi connectivity index (χ1n) is 8.11. The smallest absolute Gasteiger partial charge is 0.0110 e. The van der Waals surface area contributed by atoms with E-state index in [1.54, 1.807) is 0 Å². The van der Waals surface area contributed by atoms with Crippen LogP contribution in [0, 0.1) is 5.92 Å². The molecule has 120 valence electrons. The summed E-state index contributed by atoms with van der Waals surface area (Å²) in [4.78, 5) is 7.49. The van der Waals surface area contributed by atoms with E-state index >= 15 is 0 Å². The zero-order valence-corrected chi connectivity index (χ0v) is 14.6. The number of hydrogen-bond acceptors (Lipinski definition) is 4. The Morgan fingerprint density at radius 1 is 1.05 bits per heavy atom. The molecule has 0 amide bonds. The largest absolute Gasteiger partial charge is 0.312 e. The molecule has 0 bridgehead atoms. The summed E-state index contributed by atoms with van der Waals surface area (Å²) in [6.07, 6.45) is 0. The van der Waals surface area contributed by atoms with Gasteiger partial charge in [0.25, 0.3) is 0 Å².